The van der Waals surface area contributed by atoms with E-state index in [-0.39, 0.29) is 11.9 Å². The molecule has 1 aliphatic rings. The average Bonchev–Trinajstić information content (AvgIpc) is 2.76. The van der Waals surface area contributed by atoms with Crippen LogP contribution in [-0.4, -0.2) is 50.2 Å². The van der Waals surface area contributed by atoms with Crippen LogP contribution in [0.25, 0.3) is 10.8 Å². The summed E-state index contributed by atoms with van der Waals surface area (Å²) in [5, 5.41) is 5.72. The van der Waals surface area contributed by atoms with E-state index in [4.69, 9.17) is 14.5 Å². The fourth-order valence-corrected chi connectivity index (χ4v) is 3.68. The van der Waals surface area contributed by atoms with Crippen molar-refractivity contribution in [1.82, 2.24) is 10.2 Å². The second-order valence-electron chi connectivity index (χ2n) is 7.23. The number of ether oxygens (including phenoxy) is 2. The van der Waals surface area contributed by atoms with Crippen LogP contribution < -0.4 is 10.1 Å². The number of aliphatic imine (C=N–C) groups is 1. The molecule has 0 amide bonds. The summed E-state index contributed by atoms with van der Waals surface area (Å²) in [6, 6.07) is 12.5. The number of methoxy groups -OCH3 is 1. The van der Waals surface area contributed by atoms with E-state index in [2.05, 4.69) is 41.4 Å². The van der Waals surface area contributed by atoms with Gasteiger partial charge in [0.1, 0.15) is 5.75 Å². The van der Waals surface area contributed by atoms with Gasteiger partial charge in [-0.1, -0.05) is 18.2 Å². The molecule has 0 aliphatic carbocycles. The Morgan fingerprint density at radius 3 is 2.55 bits per heavy atom. The average molecular weight is 398 g/mol. The number of hydrogen-bond acceptors (Lipinski definition) is 4. The smallest absolute Gasteiger partial charge is 0.309 e. The van der Waals surface area contributed by atoms with Crippen LogP contribution in [0.3, 0.4) is 0 Å². The molecular weight excluding hydrogens is 366 g/mol. The molecule has 0 atom stereocenters. The molecule has 0 aromatic heterocycles. The van der Waals surface area contributed by atoms with Crippen LogP contribution >= 0.6 is 0 Å². The first-order chi connectivity index (χ1) is 14.1. The zero-order chi connectivity index (χ0) is 20.6. The molecule has 1 fully saturated rings. The Labute approximate surface area is 172 Å². The van der Waals surface area contributed by atoms with Gasteiger partial charge >= 0.3 is 5.97 Å². The second-order valence-corrected chi connectivity index (χ2v) is 7.23. The van der Waals surface area contributed by atoms with E-state index in [1.165, 1.54) is 10.9 Å². The minimum Gasteiger partial charge on any atom is -0.497 e. The number of nitrogens with one attached hydrogen (secondary N) is 1. The fourth-order valence-electron chi connectivity index (χ4n) is 3.68. The molecular formula is C23H31N3O3. The van der Waals surface area contributed by atoms with E-state index >= 15 is 0 Å². The van der Waals surface area contributed by atoms with Gasteiger partial charge in [0, 0.05) is 19.6 Å². The standard InChI is InChI=1S/C23H31N3O3/c1-4-24-23(26-12-10-18(11-13-26)22(27)29-5-2)25-16-17-6-7-20-15-21(28-3)9-8-19(20)14-17/h6-9,14-15,18H,4-5,10-13,16H2,1-3H3,(H,24,25). The maximum atomic E-state index is 12.0. The minimum atomic E-state index is -0.0677. The number of esters is 1. The van der Waals surface area contributed by atoms with Crippen molar-refractivity contribution in [2.75, 3.05) is 33.4 Å². The van der Waals surface area contributed by atoms with E-state index in [1.807, 2.05) is 19.1 Å². The summed E-state index contributed by atoms with van der Waals surface area (Å²) in [6.45, 7) is 7.42. The van der Waals surface area contributed by atoms with Gasteiger partial charge in [0.15, 0.2) is 5.96 Å². The number of fused-ring (bicyclic) bond motifs is 1. The van der Waals surface area contributed by atoms with Crippen molar-refractivity contribution in [2.24, 2.45) is 10.9 Å². The number of piperidine rings is 1. The normalized spacial score (nSPS) is 15.4. The lowest BCUT2D eigenvalue weighted by Crippen LogP contribution is -2.46. The van der Waals surface area contributed by atoms with Gasteiger partial charge in [-0.25, -0.2) is 4.99 Å². The van der Waals surface area contributed by atoms with E-state index in [0.717, 1.165) is 49.6 Å². The van der Waals surface area contributed by atoms with Crippen molar-refractivity contribution < 1.29 is 14.3 Å². The maximum absolute atomic E-state index is 12.0. The Balaban J connectivity index is 1.66. The van der Waals surface area contributed by atoms with Gasteiger partial charge in [-0.3, -0.25) is 4.79 Å². The number of carbonyl (C=O) groups excluding carboxylic acids is 1. The van der Waals surface area contributed by atoms with Gasteiger partial charge < -0.3 is 19.7 Å². The van der Waals surface area contributed by atoms with E-state index in [0.29, 0.717) is 13.2 Å². The van der Waals surface area contributed by atoms with E-state index in [1.54, 1.807) is 7.11 Å². The Morgan fingerprint density at radius 1 is 1.14 bits per heavy atom. The van der Waals surface area contributed by atoms with Crippen LogP contribution in [0.1, 0.15) is 32.3 Å². The molecule has 0 spiro atoms. The summed E-state index contributed by atoms with van der Waals surface area (Å²) in [5.74, 6) is 1.71. The Kier molecular flexibility index (Phi) is 7.33. The molecule has 0 radical (unpaired) electrons. The zero-order valence-electron chi connectivity index (χ0n) is 17.6. The number of likely N-dealkylation sites (tertiary alicyclic amines) is 1. The summed E-state index contributed by atoms with van der Waals surface area (Å²) in [4.78, 5) is 19.0. The minimum absolute atomic E-state index is 0.00607. The van der Waals surface area contributed by atoms with Crippen molar-refractivity contribution in [3.63, 3.8) is 0 Å². The number of nitrogens with zero attached hydrogens (tertiary/aromatic N) is 2. The van der Waals surface area contributed by atoms with Gasteiger partial charge in [-0.05, 0) is 61.2 Å². The largest absolute Gasteiger partial charge is 0.497 e. The molecule has 156 valence electrons. The lowest BCUT2D eigenvalue weighted by Gasteiger charge is -2.33. The predicted molar refractivity (Wildman–Crippen MR) is 116 cm³/mol. The number of rotatable bonds is 6. The Morgan fingerprint density at radius 2 is 1.86 bits per heavy atom. The molecule has 0 saturated carbocycles. The van der Waals surface area contributed by atoms with Crippen LogP contribution in [0.5, 0.6) is 5.75 Å². The summed E-state index contributed by atoms with van der Waals surface area (Å²) >= 11 is 0. The van der Waals surface area contributed by atoms with E-state index < -0.39 is 0 Å². The molecule has 1 N–H and O–H groups in total. The maximum Gasteiger partial charge on any atom is 0.309 e. The molecule has 1 saturated heterocycles. The number of hydrogen-bond donors (Lipinski definition) is 1. The molecule has 2 aromatic rings. The highest BCUT2D eigenvalue weighted by atomic mass is 16.5. The van der Waals surface area contributed by atoms with Crippen LogP contribution in [0.4, 0.5) is 0 Å². The lowest BCUT2D eigenvalue weighted by molar-refractivity contribution is -0.149. The van der Waals surface area contributed by atoms with Gasteiger partial charge in [-0.15, -0.1) is 0 Å². The monoisotopic (exact) mass is 397 g/mol. The fraction of sp³-hybridized carbons (Fsp3) is 0.478. The van der Waals surface area contributed by atoms with Gasteiger partial charge in [0.25, 0.3) is 0 Å². The van der Waals surface area contributed by atoms with Crippen molar-refractivity contribution in [2.45, 2.75) is 33.2 Å². The molecule has 2 aromatic carbocycles. The summed E-state index contributed by atoms with van der Waals surface area (Å²) in [7, 11) is 1.68. The lowest BCUT2D eigenvalue weighted by atomic mass is 9.97. The van der Waals surface area contributed by atoms with E-state index in [9.17, 15) is 4.79 Å². The van der Waals surface area contributed by atoms with Crippen LogP contribution in [-0.2, 0) is 16.1 Å². The summed E-state index contributed by atoms with van der Waals surface area (Å²) < 4.78 is 10.5. The first-order valence-electron chi connectivity index (χ1n) is 10.4. The molecule has 6 nitrogen and oxygen atoms in total. The predicted octanol–water partition coefficient (Wildman–Crippen LogP) is 3.59. The molecule has 1 heterocycles. The third kappa shape index (κ3) is 5.40. The summed E-state index contributed by atoms with van der Waals surface area (Å²) in [5.41, 5.74) is 1.17. The van der Waals surface area contributed by atoms with Crippen molar-refractivity contribution in [3.05, 3.63) is 42.0 Å². The van der Waals surface area contributed by atoms with Gasteiger partial charge in [-0.2, -0.15) is 0 Å². The highest BCUT2D eigenvalue weighted by Crippen LogP contribution is 2.23. The first-order valence-corrected chi connectivity index (χ1v) is 10.4. The summed E-state index contributed by atoms with van der Waals surface area (Å²) in [6.07, 6.45) is 1.61. The molecule has 6 heteroatoms. The molecule has 29 heavy (non-hydrogen) atoms. The number of carbonyl (C=O) groups is 1. The topological polar surface area (TPSA) is 63.2 Å². The SMILES string of the molecule is CCNC(=NCc1ccc2cc(OC)ccc2c1)N1CCC(C(=O)OCC)CC1. The molecule has 0 bridgehead atoms. The number of guanidine groups is 1. The first kappa shape index (κ1) is 21.0. The van der Waals surface area contributed by atoms with Gasteiger partial charge in [0.2, 0.25) is 0 Å². The van der Waals surface area contributed by atoms with Crippen LogP contribution in [0.15, 0.2) is 41.4 Å². The quantitative estimate of drug-likeness (QED) is 0.459. The highest BCUT2D eigenvalue weighted by Gasteiger charge is 2.27. The third-order valence-electron chi connectivity index (χ3n) is 5.27. The van der Waals surface area contributed by atoms with Crippen LogP contribution in [0.2, 0.25) is 0 Å². The molecule has 3 rings (SSSR count). The highest BCUT2D eigenvalue weighted by molar-refractivity contribution is 5.85. The van der Waals surface area contributed by atoms with Gasteiger partial charge in [0.05, 0.1) is 26.2 Å². The number of benzene rings is 2. The van der Waals surface area contributed by atoms with Crippen LogP contribution in [0, 0.1) is 5.92 Å². The molecule has 0 unspecified atom stereocenters. The molecule has 1 aliphatic heterocycles. The Hall–Kier alpha value is -2.76. The second kappa shape index (κ2) is 10.1. The van der Waals surface area contributed by atoms with Crippen molar-refractivity contribution >= 4 is 22.7 Å². The van der Waals surface area contributed by atoms with Crippen molar-refractivity contribution in [1.29, 1.82) is 0 Å². The third-order valence-corrected chi connectivity index (χ3v) is 5.27. The zero-order valence-corrected chi connectivity index (χ0v) is 17.6. The Bertz CT molecular complexity index is 858. The van der Waals surface area contributed by atoms with Crippen molar-refractivity contribution in [3.8, 4) is 5.75 Å².